The van der Waals surface area contributed by atoms with Gasteiger partial charge in [-0.15, -0.1) is 0 Å². The number of hydrogen-bond acceptors (Lipinski definition) is 2. The topological polar surface area (TPSA) is 20.3 Å². The lowest BCUT2D eigenvalue weighted by molar-refractivity contribution is -0.116. The lowest BCUT2D eigenvalue weighted by Gasteiger charge is -2.22. The zero-order valence-corrected chi connectivity index (χ0v) is 11.6. The molecule has 0 bridgehead atoms. The molecule has 0 aliphatic rings. The van der Waals surface area contributed by atoms with E-state index >= 15 is 0 Å². The molecule has 0 unspecified atom stereocenters. The molecule has 2 nitrogen and oxygen atoms in total. The Kier molecular flexibility index (Phi) is 4.33. The zero-order valence-electron chi connectivity index (χ0n) is 11.6. The van der Waals surface area contributed by atoms with Crippen LogP contribution in [-0.4, -0.2) is 19.4 Å². The van der Waals surface area contributed by atoms with Crippen LogP contribution in [0.4, 0.5) is 5.69 Å². The van der Waals surface area contributed by atoms with E-state index < -0.39 is 0 Å². The molecule has 0 aliphatic carbocycles. The number of rotatable bonds is 4. The Labute approximate surface area is 105 Å². The molecule has 0 heterocycles. The lowest BCUT2D eigenvalue weighted by Crippen LogP contribution is -2.20. The van der Waals surface area contributed by atoms with Crippen molar-refractivity contribution in [3.63, 3.8) is 0 Å². The van der Waals surface area contributed by atoms with E-state index in [2.05, 4.69) is 49.9 Å². The molecule has 0 aromatic heterocycles. The molecule has 0 atom stereocenters. The summed E-state index contributed by atoms with van der Waals surface area (Å²) in [5.74, 6) is 0.239. The van der Waals surface area contributed by atoms with Gasteiger partial charge in [-0.05, 0) is 30.0 Å². The van der Waals surface area contributed by atoms with Crippen LogP contribution in [0.5, 0.6) is 0 Å². The monoisotopic (exact) mass is 233 g/mol. The molecule has 0 radical (unpaired) electrons. The van der Waals surface area contributed by atoms with Crippen LogP contribution in [0, 0.1) is 0 Å². The van der Waals surface area contributed by atoms with E-state index in [1.54, 1.807) is 6.92 Å². The van der Waals surface area contributed by atoms with Crippen LogP contribution < -0.4 is 4.90 Å². The molecule has 1 rings (SSSR count). The Bertz CT molecular complexity index is 373. The van der Waals surface area contributed by atoms with Crippen LogP contribution in [0.25, 0.3) is 0 Å². The molecule has 1 aromatic rings. The summed E-state index contributed by atoms with van der Waals surface area (Å²) in [5, 5.41) is 0. The van der Waals surface area contributed by atoms with E-state index in [1.165, 1.54) is 11.3 Å². The Balaban J connectivity index is 2.70. The van der Waals surface area contributed by atoms with Gasteiger partial charge in [0.25, 0.3) is 0 Å². The molecule has 0 saturated heterocycles. The molecule has 0 saturated carbocycles. The summed E-state index contributed by atoms with van der Waals surface area (Å²) in [6, 6.07) is 8.58. The van der Waals surface area contributed by atoms with Crippen molar-refractivity contribution < 1.29 is 4.79 Å². The van der Waals surface area contributed by atoms with Crippen molar-refractivity contribution in [1.29, 1.82) is 0 Å². The highest BCUT2D eigenvalue weighted by molar-refractivity contribution is 5.76. The quantitative estimate of drug-likeness (QED) is 0.794. The van der Waals surface area contributed by atoms with Crippen LogP contribution in [0.2, 0.25) is 0 Å². The number of ketones is 1. The lowest BCUT2D eigenvalue weighted by atomic mass is 9.87. The van der Waals surface area contributed by atoms with Gasteiger partial charge in [0.05, 0.1) is 0 Å². The van der Waals surface area contributed by atoms with Gasteiger partial charge in [0.2, 0.25) is 0 Å². The largest absolute Gasteiger partial charge is 0.374 e. The van der Waals surface area contributed by atoms with Gasteiger partial charge in [-0.1, -0.05) is 32.9 Å². The first kappa shape index (κ1) is 13.8. The molecular weight excluding hydrogens is 210 g/mol. The minimum atomic E-state index is 0.191. The van der Waals surface area contributed by atoms with Gasteiger partial charge < -0.3 is 4.90 Å². The maximum atomic E-state index is 10.9. The Hall–Kier alpha value is -1.31. The molecule has 0 N–H and O–H groups in total. The molecule has 17 heavy (non-hydrogen) atoms. The summed E-state index contributed by atoms with van der Waals surface area (Å²) in [4.78, 5) is 13.1. The second kappa shape index (κ2) is 5.35. The zero-order chi connectivity index (χ0) is 13.1. The fourth-order valence-electron chi connectivity index (χ4n) is 1.67. The summed E-state index contributed by atoms with van der Waals surface area (Å²) < 4.78 is 0. The minimum Gasteiger partial charge on any atom is -0.374 e. The maximum absolute atomic E-state index is 10.9. The molecule has 0 amide bonds. The van der Waals surface area contributed by atoms with E-state index in [0.717, 1.165) is 6.54 Å². The molecule has 94 valence electrons. The van der Waals surface area contributed by atoms with Gasteiger partial charge in [0, 0.05) is 25.7 Å². The van der Waals surface area contributed by atoms with Gasteiger partial charge in [-0.25, -0.2) is 0 Å². The van der Waals surface area contributed by atoms with Crippen LogP contribution in [0.1, 0.15) is 39.7 Å². The predicted molar refractivity (Wildman–Crippen MR) is 73.7 cm³/mol. The first-order valence-corrected chi connectivity index (χ1v) is 6.12. The van der Waals surface area contributed by atoms with E-state index in [4.69, 9.17) is 0 Å². The number of nitrogens with zero attached hydrogens (tertiary/aromatic N) is 1. The number of benzene rings is 1. The Morgan fingerprint density at radius 3 is 2.12 bits per heavy atom. The average Bonchev–Trinajstić information content (AvgIpc) is 2.25. The summed E-state index contributed by atoms with van der Waals surface area (Å²) in [6.07, 6.45) is 0.609. The first-order chi connectivity index (χ1) is 7.80. The van der Waals surface area contributed by atoms with Crippen molar-refractivity contribution in [2.75, 3.05) is 18.5 Å². The third kappa shape index (κ3) is 4.22. The summed E-state index contributed by atoms with van der Waals surface area (Å²) in [6.45, 7) is 9.05. The molecular formula is C15H23NO. The van der Waals surface area contributed by atoms with Crippen LogP contribution in [-0.2, 0) is 10.2 Å². The highest BCUT2D eigenvalue weighted by atomic mass is 16.1. The van der Waals surface area contributed by atoms with Gasteiger partial charge in [-0.2, -0.15) is 0 Å². The maximum Gasteiger partial charge on any atom is 0.131 e. The van der Waals surface area contributed by atoms with Crippen molar-refractivity contribution in [1.82, 2.24) is 0 Å². The average molecular weight is 233 g/mol. The fraction of sp³-hybridized carbons (Fsp3) is 0.533. The smallest absolute Gasteiger partial charge is 0.131 e. The second-order valence-electron chi connectivity index (χ2n) is 5.67. The van der Waals surface area contributed by atoms with Crippen molar-refractivity contribution in [3.05, 3.63) is 29.8 Å². The van der Waals surface area contributed by atoms with Crippen molar-refractivity contribution in [2.24, 2.45) is 0 Å². The van der Waals surface area contributed by atoms with Crippen molar-refractivity contribution in [2.45, 2.75) is 39.5 Å². The molecule has 0 fully saturated rings. The Morgan fingerprint density at radius 1 is 1.18 bits per heavy atom. The van der Waals surface area contributed by atoms with E-state index in [0.29, 0.717) is 6.42 Å². The molecule has 2 heteroatoms. The van der Waals surface area contributed by atoms with Crippen molar-refractivity contribution >= 4 is 11.5 Å². The normalized spacial score (nSPS) is 11.4. The number of carbonyl (C=O) groups is 1. The first-order valence-electron chi connectivity index (χ1n) is 6.12. The highest BCUT2D eigenvalue weighted by Gasteiger charge is 2.13. The Morgan fingerprint density at radius 2 is 1.71 bits per heavy atom. The third-order valence-electron chi connectivity index (χ3n) is 2.97. The van der Waals surface area contributed by atoms with Gasteiger partial charge in [0.15, 0.2) is 0 Å². The molecule has 0 aliphatic heterocycles. The number of carbonyl (C=O) groups excluding carboxylic acids is 1. The van der Waals surface area contributed by atoms with Gasteiger partial charge >= 0.3 is 0 Å². The third-order valence-corrected chi connectivity index (χ3v) is 2.97. The number of Topliss-reactive ketones (excluding diaryl/α,β-unsaturated/α-hetero) is 1. The summed E-state index contributed by atoms with van der Waals surface area (Å²) in [7, 11) is 2.02. The summed E-state index contributed by atoms with van der Waals surface area (Å²) >= 11 is 0. The second-order valence-corrected chi connectivity index (χ2v) is 5.67. The number of anilines is 1. The molecule has 1 aromatic carbocycles. The van der Waals surface area contributed by atoms with E-state index in [-0.39, 0.29) is 11.2 Å². The van der Waals surface area contributed by atoms with Gasteiger partial charge in [-0.3, -0.25) is 4.79 Å². The fourth-order valence-corrected chi connectivity index (χ4v) is 1.67. The van der Waals surface area contributed by atoms with Crippen molar-refractivity contribution in [3.8, 4) is 0 Å². The van der Waals surface area contributed by atoms with E-state index in [9.17, 15) is 4.79 Å². The highest BCUT2D eigenvalue weighted by Crippen LogP contribution is 2.24. The summed E-state index contributed by atoms with van der Waals surface area (Å²) in [5.41, 5.74) is 2.69. The SMILES string of the molecule is CC(=O)CCN(C)c1ccc(C(C)(C)C)cc1. The van der Waals surface area contributed by atoms with Crippen LogP contribution >= 0.6 is 0 Å². The standard InChI is InChI=1S/C15H23NO/c1-12(17)10-11-16(5)14-8-6-13(7-9-14)15(2,3)4/h6-9H,10-11H2,1-5H3. The predicted octanol–water partition coefficient (Wildman–Crippen LogP) is 3.40. The van der Waals surface area contributed by atoms with Gasteiger partial charge in [0.1, 0.15) is 5.78 Å². The number of hydrogen-bond donors (Lipinski definition) is 0. The minimum absolute atomic E-state index is 0.191. The van der Waals surface area contributed by atoms with Crippen LogP contribution in [0.15, 0.2) is 24.3 Å². The van der Waals surface area contributed by atoms with E-state index in [1.807, 2.05) is 7.05 Å². The van der Waals surface area contributed by atoms with Crippen LogP contribution in [0.3, 0.4) is 0 Å². The molecule has 0 spiro atoms.